The Morgan fingerprint density at radius 3 is 2.82 bits per heavy atom. The van der Waals surface area contributed by atoms with Gasteiger partial charge in [-0.15, -0.1) is 0 Å². The molecule has 1 unspecified atom stereocenters. The third kappa shape index (κ3) is 3.34. The molecule has 1 aromatic carbocycles. The molecule has 0 amide bonds. The summed E-state index contributed by atoms with van der Waals surface area (Å²) in [6.07, 6.45) is 2.44. The van der Waals surface area contributed by atoms with Crippen LogP contribution in [0.25, 0.3) is 0 Å². The third-order valence-electron chi connectivity index (χ3n) is 2.54. The zero-order valence-corrected chi connectivity index (χ0v) is 10.0. The van der Waals surface area contributed by atoms with Crippen molar-refractivity contribution in [2.24, 2.45) is 0 Å². The van der Waals surface area contributed by atoms with Gasteiger partial charge in [-0.3, -0.25) is 0 Å². The molecule has 0 aliphatic carbocycles. The second kappa shape index (κ2) is 5.04. The van der Waals surface area contributed by atoms with E-state index < -0.39 is 0 Å². The Labute approximate surface area is 100 Å². The van der Waals surface area contributed by atoms with Gasteiger partial charge in [0.05, 0.1) is 6.26 Å². The van der Waals surface area contributed by atoms with Crippen LogP contribution in [0.2, 0.25) is 0 Å². The molecule has 0 spiro atoms. The van der Waals surface area contributed by atoms with Crippen molar-refractivity contribution in [3.63, 3.8) is 0 Å². The van der Waals surface area contributed by atoms with Gasteiger partial charge in [0.25, 0.3) is 0 Å². The van der Waals surface area contributed by atoms with Crippen LogP contribution in [0.4, 0.5) is 10.1 Å². The molecule has 1 aromatic heterocycles. The Morgan fingerprint density at radius 2 is 2.18 bits per heavy atom. The lowest BCUT2D eigenvalue weighted by Gasteiger charge is -2.14. The van der Waals surface area contributed by atoms with E-state index in [0.29, 0.717) is 0 Å². The molecule has 1 atom stereocenters. The summed E-state index contributed by atoms with van der Waals surface area (Å²) in [6, 6.07) is 8.96. The highest BCUT2D eigenvalue weighted by molar-refractivity contribution is 5.46. The zero-order valence-electron chi connectivity index (χ0n) is 10.0. The van der Waals surface area contributed by atoms with Crippen LogP contribution < -0.4 is 5.32 Å². The first-order chi connectivity index (χ1) is 8.13. The zero-order chi connectivity index (χ0) is 12.3. The SMILES string of the molecule is Cc1cc(F)cc(NC(C)Cc2ccco2)c1. The van der Waals surface area contributed by atoms with Gasteiger partial charge in [-0.25, -0.2) is 4.39 Å². The molecule has 17 heavy (non-hydrogen) atoms. The van der Waals surface area contributed by atoms with Crippen LogP contribution in [-0.2, 0) is 6.42 Å². The van der Waals surface area contributed by atoms with E-state index in [1.165, 1.54) is 12.1 Å². The van der Waals surface area contributed by atoms with Gasteiger partial charge in [0.1, 0.15) is 11.6 Å². The van der Waals surface area contributed by atoms with E-state index in [9.17, 15) is 4.39 Å². The normalized spacial score (nSPS) is 12.4. The Hall–Kier alpha value is -1.77. The number of nitrogens with one attached hydrogen (secondary N) is 1. The van der Waals surface area contributed by atoms with E-state index in [1.54, 1.807) is 6.26 Å². The molecule has 3 heteroatoms. The lowest BCUT2D eigenvalue weighted by Crippen LogP contribution is -2.17. The van der Waals surface area contributed by atoms with Crippen molar-refractivity contribution in [2.45, 2.75) is 26.3 Å². The van der Waals surface area contributed by atoms with Crippen LogP contribution in [0.5, 0.6) is 0 Å². The van der Waals surface area contributed by atoms with Gasteiger partial charge < -0.3 is 9.73 Å². The highest BCUT2D eigenvalue weighted by Gasteiger charge is 2.06. The maximum absolute atomic E-state index is 13.2. The molecule has 0 bridgehead atoms. The number of furan rings is 1. The van der Waals surface area contributed by atoms with Gasteiger partial charge in [-0.2, -0.15) is 0 Å². The fraction of sp³-hybridized carbons (Fsp3) is 0.286. The van der Waals surface area contributed by atoms with Crippen LogP contribution in [0.1, 0.15) is 18.2 Å². The van der Waals surface area contributed by atoms with Crippen LogP contribution in [-0.4, -0.2) is 6.04 Å². The number of aryl methyl sites for hydroxylation is 1. The molecule has 1 N–H and O–H groups in total. The predicted molar refractivity (Wildman–Crippen MR) is 66.6 cm³/mol. The first-order valence-corrected chi connectivity index (χ1v) is 5.69. The van der Waals surface area contributed by atoms with Crippen molar-refractivity contribution in [3.05, 3.63) is 53.7 Å². The lowest BCUT2D eigenvalue weighted by atomic mass is 10.1. The van der Waals surface area contributed by atoms with Crippen molar-refractivity contribution < 1.29 is 8.81 Å². The quantitative estimate of drug-likeness (QED) is 0.869. The average molecular weight is 233 g/mol. The third-order valence-corrected chi connectivity index (χ3v) is 2.54. The minimum atomic E-state index is -0.210. The smallest absolute Gasteiger partial charge is 0.125 e. The maximum atomic E-state index is 13.2. The fourth-order valence-electron chi connectivity index (χ4n) is 1.89. The predicted octanol–water partition coefficient (Wildman–Crippen LogP) is 3.77. The first kappa shape index (κ1) is 11.7. The number of benzene rings is 1. The van der Waals surface area contributed by atoms with Gasteiger partial charge in [0, 0.05) is 18.2 Å². The summed E-state index contributed by atoms with van der Waals surface area (Å²) in [7, 11) is 0. The van der Waals surface area contributed by atoms with Gasteiger partial charge in [-0.1, -0.05) is 0 Å². The van der Waals surface area contributed by atoms with Crippen molar-refractivity contribution in [3.8, 4) is 0 Å². The summed E-state index contributed by atoms with van der Waals surface area (Å²) in [6.45, 7) is 3.92. The van der Waals surface area contributed by atoms with Crippen LogP contribution in [0.3, 0.4) is 0 Å². The number of halogens is 1. The largest absolute Gasteiger partial charge is 0.469 e. The molecule has 0 fully saturated rings. The minimum Gasteiger partial charge on any atom is -0.469 e. The molecular weight excluding hydrogens is 217 g/mol. The summed E-state index contributed by atoms with van der Waals surface area (Å²) in [5.41, 5.74) is 1.72. The number of anilines is 1. The fourth-order valence-corrected chi connectivity index (χ4v) is 1.89. The molecular formula is C14H16FNO. The van der Waals surface area contributed by atoms with E-state index >= 15 is 0 Å². The van der Waals surface area contributed by atoms with Crippen LogP contribution in [0.15, 0.2) is 41.0 Å². The Kier molecular flexibility index (Phi) is 3.47. The van der Waals surface area contributed by atoms with E-state index in [4.69, 9.17) is 4.42 Å². The van der Waals surface area contributed by atoms with Crippen molar-refractivity contribution in [1.82, 2.24) is 0 Å². The van der Waals surface area contributed by atoms with Crippen molar-refractivity contribution >= 4 is 5.69 Å². The number of hydrogen-bond donors (Lipinski definition) is 1. The molecule has 0 saturated heterocycles. The van der Waals surface area contributed by atoms with E-state index in [-0.39, 0.29) is 11.9 Å². The highest BCUT2D eigenvalue weighted by Crippen LogP contribution is 2.15. The van der Waals surface area contributed by atoms with Gasteiger partial charge >= 0.3 is 0 Å². The van der Waals surface area contributed by atoms with Gasteiger partial charge in [0.2, 0.25) is 0 Å². The summed E-state index contributed by atoms with van der Waals surface area (Å²) >= 11 is 0. The molecule has 0 aliphatic heterocycles. The van der Waals surface area contributed by atoms with Crippen LogP contribution >= 0.6 is 0 Å². The lowest BCUT2D eigenvalue weighted by molar-refractivity contribution is 0.497. The summed E-state index contributed by atoms with van der Waals surface area (Å²) < 4.78 is 18.5. The molecule has 2 nitrogen and oxygen atoms in total. The standard InChI is InChI=1S/C14H16FNO/c1-10-6-12(15)9-13(7-10)16-11(2)8-14-4-3-5-17-14/h3-7,9,11,16H,8H2,1-2H3. The van der Waals surface area contributed by atoms with E-state index in [2.05, 4.69) is 5.32 Å². The van der Waals surface area contributed by atoms with E-state index in [1.807, 2.05) is 32.0 Å². The highest BCUT2D eigenvalue weighted by atomic mass is 19.1. The van der Waals surface area contributed by atoms with Crippen molar-refractivity contribution in [1.29, 1.82) is 0 Å². The van der Waals surface area contributed by atoms with E-state index in [0.717, 1.165) is 23.4 Å². The topological polar surface area (TPSA) is 25.2 Å². The molecule has 1 heterocycles. The number of rotatable bonds is 4. The van der Waals surface area contributed by atoms with Crippen LogP contribution in [0, 0.1) is 12.7 Å². The molecule has 0 aliphatic rings. The van der Waals surface area contributed by atoms with Crippen molar-refractivity contribution in [2.75, 3.05) is 5.32 Å². The Balaban J connectivity index is 2.00. The monoisotopic (exact) mass is 233 g/mol. The van der Waals surface area contributed by atoms with Gasteiger partial charge in [0.15, 0.2) is 0 Å². The second-order valence-electron chi connectivity index (χ2n) is 4.35. The maximum Gasteiger partial charge on any atom is 0.125 e. The second-order valence-corrected chi connectivity index (χ2v) is 4.35. The first-order valence-electron chi connectivity index (χ1n) is 5.69. The summed E-state index contributed by atoms with van der Waals surface area (Å²) in [5.74, 6) is 0.718. The molecule has 0 saturated carbocycles. The molecule has 90 valence electrons. The van der Waals surface area contributed by atoms with Gasteiger partial charge in [-0.05, 0) is 49.7 Å². The molecule has 2 aromatic rings. The number of hydrogen-bond acceptors (Lipinski definition) is 2. The minimum absolute atomic E-state index is 0.197. The summed E-state index contributed by atoms with van der Waals surface area (Å²) in [4.78, 5) is 0. The average Bonchev–Trinajstić information content (AvgIpc) is 2.67. The summed E-state index contributed by atoms with van der Waals surface area (Å²) in [5, 5.41) is 3.26. The molecule has 2 rings (SSSR count). The molecule has 0 radical (unpaired) electrons. The Bertz CT molecular complexity index is 459. The Morgan fingerprint density at radius 1 is 1.35 bits per heavy atom.